The molecule has 3 aromatic carbocycles. The molecule has 0 saturated carbocycles. The highest BCUT2D eigenvalue weighted by Crippen LogP contribution is 2.28. The Morgan fingerprint density at radius 1 is 0.846 bits per heavy atom. The number of carboxylic acids is 1. The van der Waals surface area contributed by atoms with Gasteiger partial charge in [0.25, 0.3) is 0 Å². The van der Waals surface area contributed by atoms with Crippen LogP contribution in [0.1, 0.15) is 26.4 Å². The number of carbonyl (C=O) groups excluding carboxylic acids is 2. The fourth-order valence-corrected chi connectivity index (χ4v) is 4.29. The third-order valence-corrected chi connectivity index (χ3v) is 6.29. The van der Waals surface area contributed by atoms with Crippen LogP contribution in [0.15, 0.2) is 84.9 Å². The van der Waals surface area contributed by atoms with Crippen LogP contribution in [0.2, 0.25) is 0 Å². The molecule has 1 aliphatic heterocycles. The minimum Gasteiger partial charge on any atom is -0.478 e. The van der Waals surface area contributed by atoms with Crippen molar-refractivity contribution in [1.29, 1.82) is 0 Å². The number of para-hydroxylation sites is 1. The van der Waals surface area contributed by atoms with Gasteiger partial charge < -0.3 is 25.4 Å². The predicted octanol–water partition coefficient (Wildman–Crippen LogP) is 5.31. The van der Waals surface area contributed by atoms with Crippen molar-refractivity contribution >= 4 is 51.8 Å². The van der Waals surface area contributed by atoms with E-state index in [-0.39, 0.29) is 11.3 Å². The molecule has 0 spiro atoms. The molecule has 3 N–H and O–H groups in total. The summed E-state index contributed by atoms with van der Waals surface area (Å²) in [4.78, 5) is 43.1. The van der Waals surface area contributed by atoms with Crippen molar-refractivity contribution in [2.24, 2.45) is 0 Å². The quantitative estimate of drug-likeness (QED) is 0.222. The highest BCUT2D eigenvalue weighted by Gasteiger charge is 2.15. The highest BCUT2D eigenvalue weighted by molar-refractivity contribution is 6.07. The molecular formula is C30H26N4O5. The van der Waals surface area contributed by atoms with Crippen LogP contribution in [-0.4, -0.2) is 54.2 Å². The van der Waals surface area contributed by atoms with E-state index in [1.54, 1.807) is 30.3 Å². The van der Waals surface area contributed by atoms with E-state index in [0.29, 0.717) is 35.8 Å². The lowest BCUT2D eigenvalue weighted by molar-refractivity contribution is 0.0696. The van der Waals surface area contributed by atoms with Gasteiger partial charge in [0, 0.05) is 41.1 Å². The largest absolute Gasteiger partial charge is 0.478 e. The van der Waals surface area contributed by atoms with E-state index in [1.807, 2.05) is 24.3 Å². The zero-order valence-corrected chi connectivity index (χ0v) is 21.0. The smallest absolute Gasteiger partial charge is 0.335 e. The minimum atomic E-state index is -1.04. The number of anilines is 3. The van der Waals surface area contributed by atoms with Gasteiger partial charge in [-0.15, -0.1) is 0 Å². The van der Waals surface area contributed by atoms with Gasteiger partial charge in [-0.2, -0.15) is 0 Å². The number of urea groups is 1. The van der Waals surface area contributed by atoms with Gasteiger partial charge >= 0.3 is 12.0 Å². The van der Waals surface area contributed by atoms with Gasteiger partial charge in [0.15, 0.2) is 5.78 Å². The van der Waals surface area contributed by atoms with Gasteiger partial charge in [-0.25, -0.2) is 14.6 Å². The first kappa shape index (κ1) is 25.6. The zero-order chi connectivity index (χ0) is 27.2. The van der Waals surface area contributed by atoms with E-state index in [1.165, 1.54) is 30.3 Å². The first-order valence-electron chi connectivity index (χ1n) is 12.4. The fraction of sp³-hybridized carbons (Fsp3) is 0.133. The summed E-state index contributed by atoms with van der Waals surface area (Å²) in [5.74, 6) is -1.23. The highest BCUT2D eigenvalue weighted by atomic mass is 16.5. The van der Waals surface area contributed by atoms with Gasteiger partial charge in [0.05, 0.1) is 30.0 Å². The number of carboxylic acid groups (broad SMARTS) is 1. The summed E-state index contributed by atoms with van der Waals surface area (Å²) in [6.45, 7) is 2.94. The maximum atomic E-state index is 12.8. The molecule has 4 aromatic rings. The Morgan fingerprint density at radius 3 is 2.10 bits per heavy atom. The SMILES string of the molecule is O=C(Nc1ccc(C(=O)O)cc1)Nc1ccc(C(=O)C=Cc2cc(N3CCOCC3)c3ccccc3n2)cc1. The molecule has 0 radical (unpaired) electrons. The number of allylic oxidation sites excluding steroid dienone is 1. The number of rotatable bonds is 7. The second-order valence-electron chi connectivity index (χ2n) is 8.92. The molecule has 1 aromatic heterocycles. The van der Waals surface area contributed by atoms with Crippen LogP contribution in [-0.2, 0) is 4.74 Å². The molecule has 0 bridgehead atoms. The topological polar surface area (TPSA) is 121 Å². The lowest BCUT2D eigenvalue weighted by Crippen LogP contribution is -2.36. The summed E-state index contributed by atoms with van der Waals surface area (Å²) in [6.07, 6.45) is 3.21. The molecule has 196 valence electrons. The number of aromatic carboxylic acids is 1. The molecule has 0 aliphatic carbocycles. The number of pyridine rings is 1. The van der Waals surface area contributed by atoms with E-state index in [9.17, 15) is 14.4 Å². The molecule has 9 nitrogen and oxygen atoms in total. The predicted molar refractivity (Wildman–Crippen MR) is 151 cm³/mol. The number of fused-ring (bicyclic) bond motifs is 1. The van der Waals surface area contributed by atoms with Crippen molar-refractivity contribution in [3.8, 4) is 0 Å². The Morgan fingerprint density at radius 2 is 1.46 bits per heavy atom. The van der Waals surface area contributed by atoms with Crippen LogP contribution in [0, 0.1) is 0 Å². The fourth-order valence-electron chi connectivity index (χ4n) is 4.29. The number of ether oxygens (including phenoxy) is 1. The Labute approximate surface area is 224 Å². The maximum absolute atomic E-state index is 12.8. The maximum Gasteiger partial charge on any atom is 0.335 e. The molecule has 1 aliphatic rings. The van der Waals surface area contributed by atoms with Crippen LogP contribution in [0.3, 0.4) is 0 Å². The Kier molecular flexibility index (Phi) is 7.60. The van der Waals surface area contributed by atoms with Crippen LogP contribution in [0.5, 0.6) is 0 Å². The van der Waals surface area contributed by atoms with Crippen molar-refractivity contribution in [3.63, 3.8) is 0 Å². The molecule has 5 rings (SSSR count). The number of amides is 2. The number of hydrogen-bond donors (Lipinski definition) is 3. The van der Waals surface area contributed by atoms with Gasteiger partial charge in [0.2, 0.25) is 0 Å². The number of hydrogen-bond acceptors (Lipinski definition) is 6. The minimum absolute atomic E-state index is 0.129. The van der Waals surface area contributed by atoms with Crippen molar-refractivity contribution in [2.45, 2.75) is 0 Å². The van der Waals surface area contributed by atoms with Crippen LogP contribution >= 0.6 is 0 Å². The van der Waals surface area contributed by atoms with Crippen LogP contribution in [0.25, 0.3) is 17.0 Å². The van der Waals surface area contributed by atoms with E-state index >= 15 is 0 Å². The van der Waals surface area contributed by atoms with E-state index < -0.39 is 12.0 Å². The Hall–Kier alpha value is -5.02. The third-order valence-electron chi connectivity index (χ3n) is 6.29. The molecule has 39 heavy (non-hydrogen) atoms. The summed E-state index contributed by atoms with van der Waals surface area (Å²) in [7, 11) is 0. The van der Waals surface area contributed by atoms with E-state index in [0.717, 1.165) is 29.7 Å². The monoisotopic (exact) mass is 522 g/mol. The summed E-state index contributed by atoms with van der Waals surface area (Å²) in [5.41, 5.74) is 4.17. The van der Waals surface area contributed by atoms with E-state index in [2.05, 4.69) is 21.6 Å². The molecule has 2 amide bonds. The van der Waals surface area contributed by atoms with Crippen LogP contribution < -0.4 is 15.5 Å². The van der Waals surface area contributed by atoms with Crippen LogP contribution in [0.4, 0.5) is 21.9 Å². The molecular weight excluding hydrogens is 496 g/mol. The Balaban J connectivity index is 1.24. The first-order valence-corrected chi connectivity index (χ1v) is 12.4. The van der Waals surface area contributed by atoms with Crippen molar-refractivity contribution < 1.29 is 24.2 Å². The van der Waals surface area contributed by atoms with Crippen molar-refractivity contribution in [1.82, 2.24) is 4.98 Å². The average Bonchev–Trinajstić information content (AvgIpc) is 2.96. The molecule has 0 unspecified atom stereocenters. The summed E-state index contributed by atoms with van der Waals surface area (Å²) >= 11 is 0. The van der Waals surface area contributed by atoms with Gasteiger partial charge in [0.1, 0.15) is 0 Å². The normalized spacial score (nSPS) is 13.4. The van der Waals surface area contributed by atoms with Gasteiger partial charge in [-0.1, -0.05) is 18.2 Å². The van der Waals surface area contributed by atoms with Crippen molar-refractivity contribution in [3.05, 3.63) is 102 Å². The molecule has 2 heterocycles. The Bertz CT molecular complexity index is 1540. The lowest BCUT2D eigenvalue weighted by atomic mass is 10.1. The second kappa shape index (κ2) is 11.6. The van der Waals surface area contributed by atoms with E-state index in [4.69, 9.17) is 14.8 Å². The zero-order valence-electron chi connectivity index (χ0n) is 21.0. The number of benzene rings is 3. The average molecular weight is 523 g/mol. The first-order chi connectivity index (χ1) is 19.0. The van der Waals surface area contributed by atoms with Crippen molar-refractivity contribution in [2.75, 3.05) is 41.8 Å². The molecule has 1 fully saturated rings. The van der Waals surface area contributed by atoms with Gasteiger partial charge in [-0.3, -0.25) is 4.79 Å². The second-order valence-corrected chi connectivity index (χ2v) is 8.92. The molecule has 1 saturated heterocycles. The summed E-state index contributed by atoms with van der Waals surface area (Å²) < 4.78 is 5.50. The summed E-state index contributed by atoms with van der Waals surface area (Å²) in [6, 6.07) is 21.8. The number of ketones is 1. The number of nitrogens with one attached hydrogen (secondary N) is 2. The number of nitrogens with zero attached hydrogens (tertiary/aromatic N) is 2. The van der Waals surface area contributed by atoms with Gasteiger partial charge in [-0.05, 0) is 72.8 Å². The molecule has 9 heteroatoms. The molecule has 0 atom stereocenters. The summed E-state index contributed by atoms with van der Waals surface area (Å²) in [5, 5.41) is 15.4. The number of morpholine rings is 1. The number of carbonyl (C=O) groups is 3. The lowest BCUT2D eigenvalue weighted by Gasteiger charge is -2.30. The standard InChI is InChI=1S/C30H26N4O5/c35-28(14-13-24-19-27(34-15-17-39-18-16-34)25-3-1-2-4-26(25)31-24)20-5-9-22(10-6-20)32-30(38)33-23-11-7-21(8-12-23)29(36)37/h1-14,19H,15-18H2,(H,36,37)(H2,32,33,38). The third kappa shape index (κ3) is 6.28. The number of aromatic nitrogens is 1.